The van der Waals surface area contributed by atoms with E-state index in [4.69, 9.17) is 0 Å². The molecule has 1 N–H and O–H groups in total. The van der Waals surface area contributed by atoms with Crippen LogP contribution in [0, 0.1) is 11.6 Å². The Morgan fingerprint density at radius 2 is 1.73 bits per heavy atom. The van der Waals surface area contributed by atoms with Crippen molar-refractivity contribution >= 4 is 16.7 Å². The molecule has 2 aromatic heterocycles. The molecular weight excluding hydrogens is 334 g/mol. The highest BCUT2D eigenvalue weighted by Gasteiger charge is 2.14. The number of benzene rings is 2. The van der Waals surface area contributed by atoms with Crippen molar-refractivity contribution in [1.29, 1.82) is 0 Å². The van der Waals surface area contributed by atoms with Gasteiger partial charge in [-0.25, -0.2) is 18.7 Å². The van der Waals surface area contributed by atoms with Gasteiger partial charge in [-0.2, -0.15) is 0 Å². The summed E-state index contributed by atoms with van der Waals surface area (Å²) in [7, 11) is 1.72. The van der Waals surface area contributed by atoms with Gasteiger partial charge in [-0.15, -0.1) is 0 Å². The summed E-state index contributed by atoms with van der Waals surface area (Å²) in [6, 6.07) is 12.4. The minimum Gasteiger partial charge on any atom is -0.373 e. The maximum atomic E-state index is 14.7. The standard InChI is InChI=1S/C20H14F2N4/c1-23-20-16-9-17(22)15(12-4-6-14(21)7-5-12)10-18(16)25-19(26-20)13-3-2-8-24-11-13/h2-11H,1H3,(H,23,25,26). The fourth-order valence-electron chi connectivity index (χ4n) is 2.81. The Balaban J connectivity index is 1.94. The highest BCUT2D eigenvalue weighted by atomic mass is 19.1. The number of anilines is 1. The summed E-state index contributed by atoms with van der Waals surface area (Å²) in [4.78, 5) is 13.1. The van der Waals surface area contributed by atoms with Gasteiger partial charge in [-0.3, -0.25) is 4.98 Å². The second-order valence-corrected chi connectivity index (χ2v) is 5.74. The predicted octanol–water partition coefficient (Wildman–Crippen LogP) is 4.68. The molecule has 0 atom stereocenters. The monoisotopic (exact) mass is 348 g/mol. The van der Waals surface area contributed by atoms with E-state index in [9.17, 15) is 8.78 Å². The summed E-state index contributed by atoms with van der Waals surface area (Å²) in [5, 5.41) is 3.56. The minimum atomic E-state index is -0.418. The molecule has 0 unspecified atom stereocenters. The van der Waals surface area contributed by atoms with Gasteiger partial charge in [-0.05, 0) is 42.0 Å². The summed E-state index contributed by atoms with van der Waals surface area (Å²) in [6.07, 6.45) is 3.34. The first-order valence-electron chi connectivity index (χ1n) is 8.01. The van der Waals surface area contributed by atoms with Crippen molar-refractivity contribution in [3.63, 3.8) is 0 Å². The third kappa shape index (κ3) is 2.86. The van der Waals surface area contributed by atoms with Gasteiger partial charge in [0.1, 0.15) is 17.5 Å². The normalized spacial score (nSPS) is 10.9. The topological polar surface area (TPSA) is 50.7 Å². The lowest BCUT2D eigenvalue weighted by Gasteiger charge is -2.11. The summed E-state index contributed by atoms with van der Waals surface area (Å²) < 4.78 is 27.8. The lowest BCUT2D eigenvalue weighted by molar-refractivity contribution is 0.626. The Labute approximate surface area is 148 Å². The van der Waals surface area contributed by atoms with Gasteiger partial charge in [0.15, 0.2) is 5.82 Å². The smallest absolute Gasteiger partial charge is 0.163 e. The van der Waals surface area contributed by atoms with Crippen LogP contribution in [-0.4, -0.2) is 22.0 Å². The molecule has 2 heterocycles. The molecule has 0 aliphatic rings. The van der Waals surface area contributed by atoms with Gasteiger partial charge in [-0.1, -0.05) is 12.1 Å². The largest absolute Gasteiger partial charge is 0.373 e. The highest BCUT2D eigenvalue weighted by molar-refractivity contribution is 5.93. The zero-order valence-corrected chi connectivity index (χ0v) is 13.9. The van der Waals surface area contributed by atoms with Crippen LogP contribution in [0.4, 0.5) is 14.6 Å². The number of halogens is 2. The number of rotatable bonds is 3. The third-order valence-electron chi connectivity index (χ3n) is 4.10. The van der Waals surface area contributed by atoms with Crippen LogP contribution in [0.2, 0.25) is 0 Å². The summed E-state index contributed by atoms with van der Waals surface area (Å²) >= 11 is 0. The van der Waals surface area contributed by atoms with Gasteiger partial charge in [0, 0.05) is 36.0 Å². The molecule has 0 saturated carbocycles. The van der Waals surface area contributed by atoms with Crippen LogP contribution >= 0.6 is 0 Å². The number of aromatic nitrogens is 3. The molecule has 128 valence electrons. The van der Waals surface area contributed by atoms with Gasteiger partial charge in [0.2, 0.25) is 0 Å². The molecule has 26 heavy (non-hydrogen) atoms. The molecule has 4 rings (SSSR count). The third-order valence-corrected chi connectivity index (χ3v) is 4.10. The average molecular weight is 348 g/mol. The Morgan fingerprint density at radius 1 is 0.923 bits per heavy atom. The first-order chi connectivity index (χ1) is 12.7. The van der Waals surface area contributed by atoms with Crippen molar-refractivity contribution in [1.82, 2.24) is 15.0 Å². The molecule has 0 spiro atoms. The molecular formula is C20H14F2N4. The fraction of sp³-hybridized carbons (Fsp3) is 0.0500. The lowest BCUT2D eigenvalue weighted by Crippen LogP contribution is -2.00. The van der Waals surface area contributed by atoms with Gasteiger partial charge < -0.3 is 5.32 Å². The van der Waals surface area contributed by atoms with E-state index in [-0.39, 0.29) is 5.82 Å². The van der Waals surface area contributed by atoms with E-state index in [1.54, 1.807) is 43.7 Å². The van der Waals surface area contributed by atoms with E-state index in [0.29, 0.717) is 33.7 Å². The molecule has 0 aliphatic carbocycles. The van der Waals surface area contributed by atoms with Crippen molar-refractivity contribution in [3.8, 4) is 22.5 Å². The number of hydrogen-bond acceptors (Lipinski definition) is 4. The molecule has 0 aliphatic heterocycles. The quantitative estimate of drug-likeness (QED) is 0.584. The Bertz CT molecular complexity index is 1080. The molecule has 4 aromatic rings. The molecule has 6 heteroatoms. The fourth-order valence-corrected chi connectivity index (χ4v) is 2.81. The molecule has 0 radical (unpaired) electrons. The average Bonchev–Trinajstić information content (AvgIpc) is 2.68. The summed E-state index contributed by atoms with van der Waals surface area (Å²) in [5.74, 6) is 0.233. The number of nitrogens with zero attached hydrogens (tertiary/aromatic N) is 3. The Hall–Kier alpha value is -3.41. The molecule has 0 fully saturated rings. The van der Waals surface area contributed by atoms with Crippen molar-refractivity contribution in [2.24, 2.45) is 0 Å². The van der Waals surface area contributed by atoms with Crippen LogP contribution in [0.15, 0.2) is 60.9 Å². The van der Waals surface area contributed by atoms with Gasteiger partial charge in [0.25, 0.3) is 0 Å². The van der Waals surface area contributed by atoms with Crippen molar-refractivity contribution in [2.75, 3.05) is 12.4 Å². The SMILES string of the molecule is CNc1nc(-c2cccnc2)nc2cc(-c3ccc(F)cc3)c(F)cc12. The molecule has 0 amide bonds. The van der Waals surface area contributed by atoms with Crippen LogP contribution in [-0.2, 0) is 0 Å². The van der Waals surface area contributed by atoms with E-state index >= 15 is 0 Å². The van der Waals surface area contributed by atoms with Crippen LogP contribution in [0.1, 0.15) is 0 Å². The second kappa shape index (κ2) is 6.48. The van der Waals surface area contributed by atoms with Gasteiger partial charge in [0.05, 0.1) is 5.52 Å². The van der Waals surface area contributed by atoms with E-state index < -0.39 is 5.82 Å². The van der Waals surface area contributed by atoms with E-state index in [1.165, 1.54) is 18.2 Å². The van der Waals surface area contributed by atoms with Crippen molar-refractivity contribution in [3.05, 3.63) is 72.6 Å². The van der Waals surface area contributed by atoms with Crippen LogP contribution in [0.25, 0.3) is 33.4 Å². The number of hydrogen-bond donors (Lipinski definition) is 1. The zero-order valence-electron chi connectivity index (χ0n) is 13.9. The number of nitrogens with one attached hydrogen (secondary N) is 1. The lowest BCUT2D eigenvalue weighted by atomic mass is 10.0. The first-order valence-corrected chi connectivity index (χ1v) is 8.01. The first kappa shape index (κ1) is 16.1. The highest BCUT2D eigenvalue weighted by Crippen LogP contribution is 2.31. The number of fused-ring (bicyclic) bond motifs is 1. The Kier molecular flexibility index (Phi) is 4.01. The summed E-state index contributed by atoms with van der Waals surface area (Å²) in [6.45, 7) is 0. The van der Waals surface area contributed by atoms with E-state index in [0.717, 1.165) is 5.56 Å². The van der Waals surface area contributed by atoms with Crippen LogP contribution in [0.3, 0.4) is 0 Å². The maximum absolute atomic E-state index is 14.7. The molecule has 0 bridgehead atoms. The predicted molar refractivity (Wildman–Crippen MR) is 97.7 cm³/mol. The Morgan fingerprint density at radius 3 is 2.42 bits per heavy atom. The molecule has 4 nitrogen and oxygen atoms in total. The van der Waals surface area contributed by atoms with Gasteiger partial charge >= 0.3 is 0 Å². The van der Waals surface area contributed by atoms with Crippen molar-refractivity contribution < 1.29 is 8.78 Å². The maximum Gasteiger partial charge on any atom is 0.163 e. The van der Waals surface area contributed by atoms with E-state index in [1.807, 2.05) is 6.07 Å². The summed E-state index contributed by atoms with van der Waals surface area (Å²) in [5.41, 5.74) is 2.29. The zero-order chi connectivity index (χ0) is 18.1. The van der Waals surface area contributed by atoms with E-state index in [2.05, 4.69) is 20.3 Å². The minimum absolute atomic E-state index is 0.357. The molecule has 0 saturated heterocycles. The van der Waals surface area contributed by atoms with Crippen molar-refractivity contribution in [2.45, 2.75) is 0 Å². The number of pyridine rings is 1. The second-order valence-electron chi connectivity index (χ2n) is 5.74. The van der Waals surface area contributed by atoms with Crippen LogP contribution < -0.4 is 5.32 Å². The van der Waals surface area contributed by atoms with Crippen LogP contribution in [0.5, 0.6) is 0 Å². The molecule has 2 aromatic carbocycles.